The SMILES string of the molecule is Cc1csc(CCNCc2cn[nH]c2-c2ccc(C)o2)n1. The van der Waals surface area contributed by atoms with Crippen molar-refractivity contribution >= 4 is 11.3 Å². The molecule has 21 heavy (non-hydrogen) atoms. The largest absolute Gasteiger partial charge is 0.460 e. The van der Waals surface area contributed by atoms with Crippen molar-refractivity contribution in [1.82, 2.24) is 20.5 Å². The Morgan fingerprint density at radius 1 is 1.33 bits per heavy atom. The summed E-state index contributed by atoms with van der Waals surface area (Å²) in [5.41, 5.74) is 3.15. The van der Waals surface area contributed by atoms with Gasteiger partial charge in [0.1, 0.15) is 11.5 Å². The fraction of sp³-hybridized carbons (Fsp3) is 0.333. The van der Waals surface area contributed by atoms with Gasteiger partial charge < -0.3 is 9.73 Å². The summed E-state index contributed by atoms with van der Waals surface area (Å²) in [4.78, 5) is 4.46. The molecule has 0 aliphatic heterocycles. The molecule has 3 rings (SSSR count). The second kappa shape index (κ2) is 6.24. The van der Waals surface area contributed by atoms with Crippen molar-refractivity contribution in [2.75, 3.05) is 6.54 Å². The van der Waals surface area contributed by atoms with Gasteiger partial charge in [-0.25, -0.2) is 4.98 Å². The molecule has 2 N–H and O–H groups in total. The van der Waals surface area contributed by atoms with Crippen LogP contribution in [0.15, 0.2) is 28.1 Å². The minimum Gasteiger partial charge on any atom is -0.460 e. The lowest BCUT2D eigenvalue weighted by molar-refractivity contribution is 0.545. The minimum absolute atomic E-state index is 0.760. The first kappa shape index (κ1) is 14.0. The average Bonchev–Trinajstić information content (AvgIpc) is 3.16. The summed E-state index contributed by atoms with van der Waals surface area (Å²) < 4.78 is 5.64. The highest BCUT2D eigenvalue weighted by Crippen LogP contribution is 2.23. The monoisotopic (exact) mass is 302 g/mol. The molecule has 0 saturated heterocycles. The Morgan fingerprint density at radius 2 is 2.24 bits per heavy atom. The third-order valence-corrected chi connectivity index (χ3v) is 4.23. The number of nitrogens with zero attached hydrogens (tertiary/aromatic N) is 2. The maximum Gasteiger partial charge on any atom is 0.152 e. The molecule has 3 aromatic rings. The summed E-state index contributed by atoms with van der Waals surface area (Å²) >= 11 is 1.72. The van der Waals surface area contributed by atoms with E-state index in [0.29, 0.717) is 0 Å². The van der Waals surface area contributed by atoms with Gasteiger partial charge >= 0.3 is 0 Å². The first-order chi connectivity index (χ1) is 10.2. The van der Waals surface area contributed by atoms with Crippen LogP contribution in [0.25, 0.3) is 11.5 Å². The molecule has 0 bridgehead atoms. The molecular formula is C15H18N4OS. The Hall–Kier alpha value is -1.92. The Kier molecular flexibility index (Phi) is 4.17. The van der Waals surface area contributed by atoms with Crippen LogP contribution >= 0.6 is 11.3 Å². The summed E-state index contributed by atoms with van der Waals surface area (Å²) in [5, 5.41) is 13.8. The van der Waals surface area contributed by atoms with Gasteiger partial charge in [-0.3, -0.25) is 5.10 Å². The van der Waals surface area contributed by atoms with Crippen LogP contribution in [0.5, 0.6) is 0 Å². The number of furan rings is 1. The highest BCUT2D eigenvalue weighted by Gasteiger charge is 2.10. The number of aryl methyl sites for hydroxylation is 2. The predicted octanol–water partition coefficient (Wildman–Crippen LogP) is 3.08. The topological polar surface area (TPSA) is 66.7 Å². The van der Waals surface area contributed by atoms with Gasteiger partial charge in [0.05, 0.1) is 11.2 Å². The normalized spacial score (nSPS) is 11.1. The van der Waals surface area contributed by atoms with Crippen molar-refractivity contribution in [2.45, 2.75) is 26.8 Å². The number of hydrogen-bond acceptors (Lipinski definition) is 5. The van der Waals surface area contributed by atoms with Gasteiger partial charge in [0.25, 0.3) is 0 Å². The van der Waals surface area contributed by atoms with Crippen LogP contribution in [-0.2, 0) is 13.0 Å². The van der Waals surface area contributed by atoms with Crippen LogP contribution in [0.4, 0.5) is 0 Å². The van der Waals surface area contributed by atoms with Crippen molar-refractivity contribution in [3.05, 3.63) is 45.7 Å². The molecule has 0 saturated carbocycles. The maximum atomic E-state index is 5.64. The van der Waals surface area contributed by atoms with Crippen LogP contribution < -0.4 is 5.32 Å². The molecule has 0 amide bonds. The van der Waals surface area contributed by atoms with Crippen molar-refractivity contribution in [2.24, 2.45) is 0 Å². The minimum atomic E-state index is 0.760. The molecule has 3 heterocycles. The van der Waals surface area contributed by atoms with Gasteiger partial charge in [-0.05, 0) is 26.0 Å². The molecule has 0 aromatic carbocycles. The second-order valence-corrected chi connectivity index (χ2v) is 5.93. The van der Waals surface area contributed by atoms with E-state index in [4.69, 9.17) is 4.42 Å². The van der Waals surface area contributed by atoms with Gasteiger partial charge in [0, 0.05) is 36.1 Å². The van der Waals surface area contributed by atoms with Crippen LogP contribution in [0.1, 0.15) is 22.0 Å². The van der Waals surface area contributed by atoms with Gasteiger partial charge in [-0.2, -0.15) is 5.10 Å². The van der Waals surface area contributed by atoms with E-state index < -0.39 is 0 Å². The van der Waals surface area contributed by atoms with Crippen LogP contribution in [0.2, 0.25) is 0 Å². The zero-order chi connectivity index (χ0) is 14.7. The number of nitrogens with one attached hydrogen (secondary N) is 2. The summed E-state index contributed by atoms with van der Waals surface area (Å²) in [7, 11) is 0. The lowest BCUT2D eigenvalue weighted by atomic mass is 10.2. The van der Waals surface area contributed by atoms with Gasteiger partial charge in [0.15, 0.2) is 5.76 Å². The van der Waals surface area contributed by atoms with E-state index in [1.54, 1.807) is 11.3 Å². The first-order valence-electron chi connectivity index (χ1n) is 6.93. The van der Waals surface area contributed by atoms with E-state index in [0.717, 1.165) is 48.0 Å². The fourth-order valence-electron chi connectivity index (χ4n) is 2.16. The third kappa shape index (κ3) is 3.40. The van der Waals surface area contributed by atoms with Crippen molar-refractivity contribution in [3.8, 4) is 11.5 Å². The average molecular weight is 302 g/mol. The molecule has 3 aromatic heterocycles. The van der Waals surface area contributed by atoms with Crippen molar-refractivity contribution in [1.29, 1.82) is 0 Å². The number of aromatic amines is 1. The molecule has 0 fully saturated rings. The number of hydrogen-bond donors (Lipinski definition) is 2. The second-order valence-electron chi connectivity index (χ2n) is 4.99. The summed E-state index contributed by atoms with van der Waals surface area (Å²) in [6.45, 7) is 5.62. The summed E-state index contributed by atoms with van der Waals surface area (Å²) in [6, 6.07) is 3.92. The summed E-state index contributed by atoms with van der Waals surface area (Å²) in [6.07, 6.45) is 2.79. The molecule has 5 nitrogen and oxygen atoms in total. The van der Waals surface area contributed by atoms with Crippen molar-refractivity contribution < 1.29 is 4.42 Å². The first-order valence-corrected chi connectivity index (χ1v) is 7.81. The molecule has 0 atom stereocenters. The molecule has 6 heteroatoms. The lowest BCUT2D eigenvalue weighted by Crippen LogP contribution is -2.16. The fourth-order valence-corrected chi connectivity index (χ4v) is 2.94. The standard InChI is InChI=1S/C15H18N4OS/c1-10-9-21-14(18-10)5-6-16-7-12-8-17-19-15(12)13-4-3-11(2)20-13/h3-4,8-9,16H,5-7H2,1-2H3,(H,17,19). The highest BCUT2D eigenvalue weighted by atomic mass is 32.1. The third-order valence-electron chi connectivity index (χ3n) is 3.20. The van der Waals surface area contributed by atoms with Gasteiger partial charge in [0.2, 0.25) is 0 Å². The van der Waals surface area contributed by atoms with E-state index in [1.807, 2.05) is 32.2 Å². The number of H-pyrrole nitrogens is 1. The zero-order valence-electron chi connectivity index (χ0n) is 12.1. The Morgan fingerprint density at radius 3 is 2.95 bits per heavy atom. The maximum absolute atomic E-state index is 5.64. The lowest BCUT2D eigenvalue weighted by Gasteiger charge is -2.03. The zero-order valence-corrected chi connectivity index (χ0v) is 13.0. The van der Waals surface area contributed by atoms with E-state index in [1.165, 1.54) is 5.01 Å². The van der Waals surface area contributed by atoms with E-state index >= 15 is 0 Å². The molecular weight excluding hydrogens is 284 g/mol. The quantitative estimate of drug-likeness (QED) is 0.687. The Bertz CT molecular complexity index is 713. The summed E-state index contributed by atoms with van der Waals surface area (Å²) in [5.74, 6) is 1.73. The molecule has 0 spiro atoms. The molecule has 0 aliphatic rings. The van der Waals surface area contributed by atoms with Crippen LogP contribution in [-0.4, -0.2) is 21.7 Å². The van der Waals surface area contributed by atoms with Gasteiger partial charge in [-0.15, -0.1) is 11.3 Å². The predicted molar refractivity (Wildman–Crippen MR) is 83.3 cm³/mol. The van der Waals surface area contributed by atoms with Gasteiger partial charge in [-0.1, -0.05) is 0 Å². The van der Waals surface area contributed by atoms with E-state index in [-0.39, 0.29) is 0 Å². The van der Waals surface area contributed by atoms with Crippen LogP contribution in [0, 0.1) is 13.8 Å². The van der Waals surface area contributed by atoms with E-state index in [9.17, 15) is 0 Å². The van der Waals surface area contributed by atoms with E-state index in [2.05, 4.69) is 25.9 Å². The molecule has 110 valence electrons. The smallest absolute Gasteiger partial charge is 0.152 e. The number of aromatic nitrogens is 3. The highest BCUT2D eigenvalue weighted by molar-refractivity contribution is 7.09. The Labute approximate surface area is 127 Å². The molecule has 0 radical (unpaired) electrons. The Balaban J connectivity index is 1.55. The number of rotatable bonds is 6. The van der Waals surface area contributed by atoms with Crippen LogP contribution in [0.3, 0.4) is 0 Å². The molecule has 0 aliphatic carbocycles. The number of thiazole rings is 1. The van der Waals surface area contributed by atoms with Crippen molar-refractivity contribution in [3.63, 3.8) is 0 Å². The molecule has 0 unspecified atom stereocenters.